The fourth-order valence-electron chi connectivity index (χ4n) is 1.35. The molecule has 0 N–H and O–H groups in total. The Kier molecular flexibility index (Phi) is 3.35. The van der Waals surface area contributed by atoms with Crippen molar-refractivity contribution in [3.8, 4) is 5.75 Å². The summed E-state index contributed by atoms with van der Waals surface area (Å²) >= 11 is 0. The molecule has 0 fully saturated rings. The third kappa shape index (κ3) is 2.81. The van der Waals surface area contributed by atoms with E-state index in [1.165, 1.54) is 4.68 Å². The van der Waals surface area contributed by atoms with Crippen molar-refractivity contribution in [2.24, 2.45) is 5.10 Å². The zero-order chi connectivity index (χ0) is 12.1. The maximum Gasteiger partial charge on any atom is 0.202 e. The smallest absolute Gasteiger partial charge is 0.202 e. The third-order valence-corrected chi connectivity index (χ3v) is 2.24. The lowest BCUT2D eigenvalue weighted by Gasteiger charge is -2.07. The average molecular weight is 228 g/mol. The van der Waals surface area contributed by atoms with Crippen LogP contribution in [0.5, 0.6) is 5.75 Å². The molecule has 17 heavy (non-hydrogen) atoms. The molecule has 0 spiro atoms. The van der Waals surface area contributed by atoms with Crippen molar-refractivity contribution in [2.45, 2.75) is 0 Å². The number of rotatable bonds is 3. The van der Waals surface area contributed by atoms with Crippen LogP contribution in [-0.4, -0.2) is 13.0 Å². The van der Waals surface area contributed by atoms with Gasteiger partial charge in [0.1, 0.15) is 5.75 Å². The van der Waals surface area contributed by atoms with Crippen molar-refractivity contribution in [3.63, 3.8) is 0 Å². The molecule has 0 bridgehead atoms. The van der Waals surface area contributed by atoms with E-state index in [4.69, 9.17) is 4.74 Å². The van der Waals surface area contributed by atoms with E-state index < -0.39 is 0 Å². The molecule has 0 aliphatic rings. The number of pyridine rings is 1. The lowest BCUT2D eigenvalue weighted by atomic mass is 10.2. The van der Waals surface area contributed by atoms with Crippen molar-refractivity contribution >= 4 is 5.90 Å². The molecule has 0 saturated carbocycles. The van der Waals surface area contributed by atoms with Gasteiger partial charge in [-0.25, -0.2) is 0 Å². The van der Waals surface area contributed by atoms with Gasteiger partial charge < -0.3 is 9.84 Å². The quantitative estimate of drug-likeness (QED) is 0.437. The maximum absolute atomic E-state index is 11.8. The van der Waals surface area contributed by atoms with Crippen LogP contribution in [0.4, 0.5) is 0 Å². The molecule has 0 atom stereocenters. The minimum Gasteiger partial charge on any atom is -0.854 e. The molecule has 1 aromatic heterocycles. The van der Waals surface area contributed by atoms with E-state index in [1.54, 1.807) is 43.8 Å². The number of hydrogen-bond donors (Lipinski definition) is 0. The normalized spacial score (nSPS) is 11.2. The Morgan fingerprint density at radius 2 is 1.76 bits per heavy atom. The van der Waals surface area contributed by atoms with Gasteiger partial charge in [0.05, 0.1) is 13.0 Å². The van der Waals surface area contributed by atoms with Gasteiger partial charge in [0, 0.05) is 12.1 Å². The molecule has 1 aromatic carbocycles. The number of benzene rings is 1. The van der Waals surface area contributed by atoms with Gasteiger partial charge in [-0.05, 0) is 22.8 Å². The SMILES string of the molecule is COc1ccc(/C([O-])=N/[n+]2ccccc2)cc1. The largest absolute Gasteiger partial charge is 0.854 e. The van der Waals surface area contributed by atoms with Crippen LogP contribution >= 0.6 is 0 Å². The molecule has 0 amide bonds. The predicted octanol–water partition coefficient (Wildman–Crippen LogP) is 0.553. The lowest BCUT2D eigenvalue weighted by molar-refractivity contribution is -0.681. The predicted molar refractivity (Wildman–Crippen MR) is 61.6 cm³/mol. The highest BCUT2D eigenvalue weighted by molar-refractivity contribution is 5.90. The number of ether oxygens (including phenoxy) is 1. The second kappa shape index (κ2) is 5.12. The highest BCUT2D eigenvalue weighted by Crippen LogP contribution is 2.10. The minimum absolute atomic E-state index is 0.288. The molecule has 0 saturated heterocycles. The fourth-order valence-corrected chi connectivity index (χ4v) is 1.35. The van der Waals surface area contributed by atoms with Gasteiger partial charge in [0.15, 0.2) is 0 Å². The summed E-state index contributed by atoms with van der Waals surface area (Å²) in [5, 5.41) is 15.7. The van der Waals surface area contributed by atoms with Gasteiger partial charge >= 0.3 is 0 Å². The Bertz CT molecular complexity index is 507. The summed E-state index contributed by atoms with van der Waals surface area (Å²) in [5.41, 5.74) is 0.530. The van der Waals surface area contributed by atoms with Gasteiger partial charge in [-0.1, -0.05) is 22.9 Å². The van der Waals surface area contributed by atoms with E-state index >= 15 is 0 Å². The summed E-state index contributed by atoms with van der Waals surface area (Å²) in [5.74, 6) is 0.428. The lowest BCUT2D eigenvalue weighted by Crippen LogP contribution is -2.33. The van der Waals surface area contributed by atoms with E-state index in [9.17, 15) is 5.11 Å². The summed E-state index contributed by atoms with van der Waals surface area (Å²) in [6, 6.07) is 12.3. The van der Waals surface area contributed by atoms with Crippen LogP contribution in [0.2, 0.25) is 0 Å². The Morgan fingerprint density at radius 1 is 1.12 bits per heavy atom. The van der Waals surface area contributed by atoms with E-state index in [0.717, 1.165) is 0 Å². The standard InChI is InChI=1S/C13H12N2O2/c1-17-12-7-5-11(6-8-12)13(16)14-15-9-3-2-4-10-15/h2-10H,1H3. The van der Waals surface area contributed by atoms with Crippen molar-refractivity contribution in [2.75, 3.05) is 7.11 Å². The van der Waals surface area contributed by atoms with Gasteiger partial charge in [-0.2, -0.15) is 0 Å². The van der Waals surface area contributed by atoms with Crippen LogP contribution in [0.25, 0.3) is 0 Å². The summed E-state index contributed by atoms with van der Waals surface area (Å²) in [6.45, 7) is 0. The first-order valence-electron chi connectivity index (χ1n) is 5.16. The highest BCUT2D eigenvalue weighted by Gasteiger charge is 1.98. The molecule has 0 aliphatic carbocycles. The molecular weight excluding hydrogens is 216 g/mol. The van der Waals surface area contributed by atoms with Crippen LogP contribution in [0.3, 0.4) is 0 Å². The van der Waals surface area contributed by atoms with Gasteiger partial charge in [0.25, 0.3) is 0 Å². The van der Waals surface area contributed by atoms with Crippen LogP contribution in [0.1, 0.15) is 5.56 Å². The number of hydrogen-bond acceptors (Lipinski definition) is 3. The van der Waals surface area contributed by atoms with E-state index in [1.807, 2.05) is 18.2 Å². The molecule has 86 valence electrons. The molecule has 0 aliphatic heterocycles. The van der Waals surface area contributed by atoms with Crippen LogP contribution in [-0.2, 0) is 0 Å². The number of methoxy groups -OCH3 is 1. The van der Waals surface area contributed by atoms with Crippen LogP contribution in [0, 0.1) is 0 Å². The molecule has 1 heterocycles. The zero-order valence-corrected chi connectivity index (χ0v) is 9.41. The van der Waals surface area contributed by atoms with Crippen molar-refractivity contribution < 1.29 is 14.5 Å². The Hall–Kier alpha value is -2.36. The fraction of sp³-hybridized carbons (Fsp3) is 0.0769. The molecule has 4 nitrogen and oxygen atoms in total. The topological polar surface area (TPSA) is 48.5 Å². The second-order valence-corrected chi connectivity index (χ2v) is 3.39. The van der Waals surface area contributed by atoms with E-state index in [2.05, 4.69) is 5.10 Å². The Morgan fingerprint density at radius 3 is 2.35 bits per heavy atom. The van der Waals surface area contributed by atoms with Gasteiger partial charge in [-0.15, -0.1) is 0 Å². The summed E-state index contributed by atoms with van der Waals surface area (Å²) in [4.78, 5) is 0. The second-order valence-electron chi connectivity index (χ2n) is 3.39. The summed E-state index contributed by atoms with van der Waals surface area (Å²) in [6.07, 6.45) is 3.42. The first-order chi connectivity index (χ1) is 8.29. The molecule has 2 rings (SSSR count). The number of aromatic nitrogens is 1. The van der Waals surface area contributed by atoms with Gasteiger partial charge in [-0.3, -0.25) is 0 Å². The molecule has 2 aromatic rings. The van der Waals surface area contributed by atoms with E-state index in [0.29, 0.717) is 11.3 Å². The van der Waals surface area contributed by atoms with Crippen molar-refractivity contribution in [1.29, 1.82) is 0 Å². The molecule has 0 radical (unpaired) electrons. The maximum atomic E-state index is 11.8. The van der Waals surface area contributed by atoms with Gasteiger partial charge in [0.2, 0.25) is 12.4 Å². The first kappa shape index (κ1) is 11.1. The molecule has 4 heteroatoms. The minimum atomic E-state index is -0.288. The number of nitrogens with zero attached hydrogens (tertiary/aromatic N) is 2. The van der Waals surface area contributed by atoms with E-state index in [-0.39, 0.29) is 5.90 Å². The summed E-state index contributed by atoms with van der Waals surface area (Å²) < 4.78 is 6.50. The van der Waals surface area contributed by atoms with Crippen molar-refractivity contribution in [1.82, 2.24) is 0 Å². The Labute approximate surface area is 99.4 Å². The average Bonchev–Trinajstić information content (AvgIpc) is 2.40. The summed E-state index contributed by atoms with van der Waals surface area (Å²) in [7, 11) is 1.58. The Balaban J connectivity index is 2.24. The zero-order valence-electron chi connectivity index (χ0n) is 9.41. The monoisotopic (exact) mass is 228 g/mol. The van der Waals surface area contributed by atoms with Crippen molar-refractivity contribution in [3.05, 3.63) is 60.4 Å². The highest BCUT2D eigenvalue weighted by atomic mass is 16.5. The molecular formula is C13H12N2O2. The van der Waals surface area contributed by atoms with Crippen LogP contribution in [0.15, 0.2) is 60.0 Å². The first-order valence-corrected chi connectivity index (χ1v) is 5.16. The molecule has 0 unspecified atom stereocenters. The third-order valence-electron chi connectivity index (χ3n) is 2.24. The van der Waals surface area contributed by atoms with Crippen LogP contribution < -0.4 is 14.5 Å².